The number of nitro groups is 4. The molecule has 14 heteroatoms. The molecule has 0 saturated heterocycles. The summed E-state index contributed by atoms with van der Waals surface area (Å²) in [6.07, 6.45) is 0. The maximum Gasteiger partial charge on any atom is 0.269 e. The molecule has 14 nitrogen and oxygen atoms in total. The quantitative estimate of drug-likeness (QED) is 0.113. The van der Waals surface area contributed by atoms with Crippen LogP contribution < -0.4 is 9.80 Å². The fourth-order valence-electron chi connectivity index (χ4n) is 4.54. The van der Waals surface area contributed by atoms with E-state index in [0.29, 0.717) is 34.1 Å². The van der Waals surface area contributed by atoms with Crippen molar-refractivity contribution in [3.05, 3.63) is 162 Å². The molecule has 0 bridgehead atoms. The molecule has 0 aliphatic carbocycles. The molecule has 5 aromatic rings. The van der Waals surface area contributed by atoms with Gasteiger partial charge >= 0.3 is 0 Å². The zero-order valence-electron chi connectivity index (χ0n) is 22.5. The van der Waals surface area contributed by atoms with Crippen LogP contribution in [0.4, 0.5) is 56.9 Å². The fourth-order valence-corrected chi connectivity index (χ4v) is 4.54. The van der Waals surface area contributed by atoms with Gasteiger partial charge in [-0.1, -0.05) is 0 Å². The molecule has 5 rings (SSSR count). The standard InChI is InChI=1S/C30H20N6O8/c37-33(38)27-13-5-23(6-14-27)31(24-7-15-28(16-8-24)34(39)40)21-1-2-22(4-3-21)32(25-9-17-29(18-10-25)35(41)42)26-11-19-30(20-12-26)36(43)44/h1-20H. The summed E-state index contributed by atoms with van der Waals surface area (Å²) in [6.45, 7) is 0. The third kappa shape index (κ3) is 5.99. The number of hydrogen-bond acceptors (Lipinski definition) is 10. The summed E-state index contributed by atoms with van der Waals surface area (Å²) in [6, 6.07) is 30.4. The lowest BCUT2D eigenvalue weighted by Gasteiger charge is -2.28. The number of non-ortho nitro benzene ring substituents is 4. The number of anilines is 6. The van der Waals surface area contributed by atoms with Crippen LogP contribution >= 0.6 is 0 Å². The first kappa shape index (κ1) is 28.8. The van der Waals surface area contributed by atoms with Crippen molar-refractivity contribution in [2.75, 3.05) is 9.80 Å². The van der Waals surface area contributed by atoms with Crippen LogP contribution in [0.15, 0.2) is 121 Å². The van der Waals surface area contributed by atoms with Crippen LogP contribution in [0.2, 0.25) is 0 Å². The summed E-state index contributed by atoms with van der Waals surface area (Å²) >= 11 is 0. The van der Waals surface area contributed by atoms with Crippen LogP contribution in [0, 0.1) is 40.5 Å². The number of nitrogens with zero attached hydrogens (tertiary/aromatic N) is 6. The van der Waals surface area contributed by atoms with E-state index in [2.05, 4.69) is 0 Å². The highest BCUT2D eigenvalue weighted by molar-refractivity contribution is 5.81. The minimum Gasteiger partial charge on any atom is -0.310 e. The van der Waals surface area contributed by atoms with Crippen molar-refractivity contribution >= 4 is 56.9 Å². The smallest absolute Gasteiger partial charge is 0.269 e. The van der Waals surface area contributed by atoms with Gasteiger partial charge in [-0.05, 0) is 72.8 Å². The predicted molar refractivity (Wildman–Crippen MR) is 162 cm³/mol. The molecule has 0 unspecified atom stereocenters. The normalized spacial score (nSPS) is 10.5. The second-order valence-electron chi connectivity index (χ2n) is 9.28. The van der Waals surface area contributed by atoms with Gasteiger partial charge in [-0.3, -0.25) is 40.5 Å². The summed E-state index contributed by atoms with van der Waals surface area (Å²) in [5.74, 6) is 0. The van der Waals surface area contributed by atoms with Crippen molar-refractivity contribution in [2.45, 2.75) is 0 Å². The van der Waals surface area contributed by atoms with Gasteiger partial charge in [0, 0.05) is 82.7 Å². The molecular weight excluding hydrogens is 572 g/mol. The van der Waals surface area contributed by atoms with Crippen LogP contribution in [0.1, 0.15) is 0 Å². The zero-order chi connectivity index (χ0) is 31.4. The summed E-state index contributed by atoms with van der Waals surface area (Å²) in [7, 11) is 0. The van der Waals surface area contributed by atoms with Crippen molar-refractivity contribution in [1.29, 1.82) is 0 Å². The molecule has 0 amide bonds. The van der Waals surface area contributed by atoms with Crippen LogP contribution in [0.25, 0.3) is 0 Å². The lowest BCUT2D eigenvalue weighted by atomic mass is 10.1. The largest absolute Gasteiger partial charge is 0.310 e. The second-order valence-corrected chi connectivity index (χ2v) is 9.28. The highest BCUT2D eigenvalue weighted by atomic mass is 16.6. The van der Waals surface area contributed by atoms with Crippen molar-refractivity contribution in [2.24, 2.45) is 0 Å². The minimum absolute atomic E-state index is 0.102. The van der Waals surface area contributed by atoms with Gasteiger partial charge in [0.25, 0.3) is 22.7 Å². The Bertz CT molecular complexity index is 1590. The molecule has 0 aliphatic heterocycles. The molecule has 0 aromatic heterocycles. The van der Waals surface area contributed by atoms with E-state index in [0.717, 1.165) is 0 Å². The molecule has 44 heavy (non-hydrogen) atoms. The molecule has 0 heterocycles. The van der Waals surface area contributed by atoms with E-state index >= 15 is 0 Å². The Kier molecular flexibility index (Phi) is 7.88. The van der Waals surface area contributed by atoms with Gasteiger partial charge in [-0.15, -0.1) is 0 Å². The van der Waals surface area contributed by atoms with E-state index in [-0.39, 0.29) is 22.7 Å². The van der Waals surface area contributed by atoms with Crippen LogP contribution in [0.5, 0.6) is 0 Å². The van der Waals surface area contributed by atoms with Gasteiger partial charge in [0.05, 0.1) is 19.7 Å². The lowest BCUT2D eigenvalue weighted by molar-refractivity contribution is -0.385. The van der Waals surface area contributed by atoms with E-state index in [9.17, 15) is 40.5 Å². The molecule has 0 saturated carbocycles. The number of benzene rings is 5. The van der Waals surface area contributed by atoms with Gasteiger partial charge in [0.1, 0.15) is 0 Å². The Morgan fingerprint density at radius 3 is 0.568 bits per heavy atom. The van der Waals surface area contributed by atoms with E-state index in [1.54, 1.807) is 82.6 Å². The second kappa shape index (κ2) is 12.0. The Morgan fingerprint density at radius 2 is 0.432 bits per heavy atom. The Hall–Kier alpha value is -6.70. The first-order valence-electron chi connectivity index (χ1n) is 12.8. The molecule has 0 radical (unpaired) electrons. The van der Waals surface area contributed by atoms with Crippen molar-refractivity contribution in [3.8, 4) is 0 Å². The lowest BCUT2D eigenvalue weighted by Crippen LogP contribution is -2.12. The maximum absolute atomic E-state index is 11.2. The Balaban J connectivity index is 1.58. The maximum atomic E-state index is 11.2. The van der Waals surface area contributed by atoms with Gasteiger partial charge in [-0.25, -0.2) is 0 Å². The molecule has 0 aliphatic rings. The Morgan fingerprint density at radius 1 is 0.295 bits per heavy atom. The summed E-state index contributed by atoms with van der Waals surface area (Å²) in [5, 5.41) is 44.9. The molecule has 0 atom stereocenters. The van der Waals surface area contributed by atoms with Crippen molar-refractivity contribution in [3.63, 3.8) is 0 Å². The highest BCUT2D eigenvalue weighted by Crippen LogP contribution is 2.40. The SMILES string of the molecule is O=[N+]([O-])c1ccc(N(c2ccc(N(c3ccc([N+](=O)[O-])cc3)c3ccc([N+](=O)[O-])cc3)cc2)c2ccc([N+](=O)[O-])cc2)cc1. The number of rotatable bonds is 10. The fraction of sp³-hybridized carbons (Fsp3) is 0. The van der Waals surface area contributed by atoms with E-state index in [1.165, 1.54) is 48.5 Å². The molecule has 5 aromatic carbocycles. The van der Waals surface area contributed by atoms with Crippen molar-refractivity contribution < 1.29 is 19.7 Å². The topological polar surface area (TPSA) is 179 Å². The molecule has 218 valence electrons. The third-order valence-corrected chi connectivity index (χ3v) is 6.64. The van der Waals surface area contributed by atoms with Gasteiger partial charge in [0.2, 0.25) is 0 Å². The summed E-state index contributed by atoms with van der Waals surface area (Å²) in [4.78, 5) is 46.3. The van der Waals surface area contributed by atoms with Crippen LogP contribution in [0.3, 0.4) is 0 Å². The molecular formula is C30H20N6O8. The van der Waals surface area contributed by atoms with E-state index < -0.39 is 19.7 Å². The first-order chi connectivity index (χ1) is 21.1. The monoisotopic (exact) mass is 592 g/mol. The first-order valence-corrected chi connectivity index (χ1v) is 12.8. The Labute approximate surface area is 248 Å². The molecule has 0 spiro atoms. The van der Waals surface area contributed by atoms with E-state index in [4.69, 9.17) is 0 Å². The molecule has 0 N–H and O–H groups in total. The summed E-state index contributed by atoms with van der Waals surface area (Å²) < 4.78 is 0. The van der Waals surface area contributed by atoms with E-state index in [1.807, 2.05) is 0 Å². The predicted octanol–water partition coefficient (Wildman–Crippen LogP) is 8.26. The average molecular weight is 593 g/mol. The van der Waals surface area contributed by atoms with Crippen molar-refractivity contribution in [1.82, 2.24) is 0 Å². The van der Waals surface area contributed by atoms with Crippen LogP contribution in [-0.4, -0.2) is 19.7 Å². The van der Waals surface area contributed by atoms with Gasteiger partial charge < -0.3 is 9.80 Å². The number of hydrogen-bond donors (Lipinski definition) is 0. The molecule has 0 fully saturated rings. The van der Waals surface area contributed by atoms with Gasteiger partial charge in [0.15, 0.2) is 0 Å². The summed E-state index contributed by atoms with van der Waals surface area (Å²) in [5.41, 5.74) is 3.04. The third-order valence-electron chi connectivity index (χ3n) is 6.64. The average Bonchev–Trinajstić information content (AvgIpc) is 3.03. The highest BCUT2D eigenvalue weighted by Gasteiger charge is 2.19. The van der Waals surface area contributed by atoms with Crippen LogP contribution in [-0.2, 0) is 0 Å². The minimum atomic E-state index is -0.514. The number of nitro benzene ring substituents is 4. The van der Waals surface area contributed by atoms with Gasteiger partial charge in [-0.2, -0.15) is 0 Å². The zero-order valence-corrected chi connectivity index (χ0v) is 22.5.